The molecule has 1 aromatic heterocycles. The molecule has 0 aliphatic rings. The number of thiophene rings is 1. The Labute approximate surface area is 152 Å². The average Bonchev–Trinajstić information content (AvgIpc) is 3.08. The van der Waals surface area contributed by atoms with E-state index in [9.17, 15) is 9.59 Å². The normalized spacial score (nSPS) is 11.2. The highest BCUT2D eigenvalue weighted by atomic mass is 35.5. The molecular formula is C17H22ClN3O2S. The van der Waals surface area contributed by atoms with Crippen molar-refractivity contribution in [1.29, 1.82) is 0 Å². The van der Waals surface area contributed by atoms with Gasteiger partial charge in [-0.1, -0.05) is 25.1 Å². The fraction of sp³-hybridized carbons (Fsp3) is 0.294. The standard InChI is InChI=1S/C17H21N3O2S.ClH/c1-3-18-12(2)11-19-16(21)13-7-4-5-8-14(13)20-17(22)15-9-6-10-23-15;/h4-10,12,18H,3,11H2,1-2H3,(H,19,21)(H,20,22);1H/t12-;/m1./s1. The molecule has 2 rings (SSSR count). The van der Waals surface area contributed by atoms with Crippen LogP contribution in [0.2, 0.25) is 0 Å². The lowest BCUT2D eigenvalue weighted by Crippen LogP contribution is -2.39. The lowest BCUT2D eigenvalue weighted by Gasteiger charge is -2.15. The van der Waals surface area contributed by atoms with Gasteiger partial charge in [-0.25, -0.2) is 0 Å². The third kappa shape index (κ3) is 5.63. The SMILES string of the molecule is CCN[C@H](C)CNC(=O)c1ccccc1NC(=O)c1cccs1.Cl. The molecule has 0 bridgehead atoms. The molecule has 0 spiro atoms. The maximum atomic E-state index is 12.4. The summed E-state index contributed by atoms with van der Waals surface area (Å²) >= 11 is 1.36. The Bertz CT molecular complexity index is 662. The molecule has 24 heavy (non-hydrogen) atoms. The van der Waals surface area contributed by atoms with Gasteiger partial charge in [-0.3, -0.25) is 9.59 Å². The number of nitrogens with one attached hydrogen (secondary N) is 3. The zero-order valence-electron chi connectivity index (χ0n) is 13.7. The van der Waals surface area contributed by atoms with E-state index in [4.69, 9.17) is 0 Å². The predicted octanol–water partition coefficient (Wildman–Crippen LogP) is 3.15. The van der Waals surface area contributed by atoms with Crippen molar-refractivity contribution in [3.63, 3.8) is 0 Å². The minimum atomic E-state index is -0.207. The van der Waals surface area contributed by atoms with Gasteiger partial charge in [-0.2, -0.15) is 0 Å². The minimum absolute atomic E-state index is 0. The van der Waals surface area contributed by atoms with Crippen LogP contribution in [0, 0.1) is 0 Å². The maximum Gasteiger partial charge on any atom is 0.265 e. The number of amides is 2. The number of hydrogen-bond donors (Lipinski definition) is 3. The van der Waals surface area contributed by atoms with Gasteiger partial charge >= 0.3 is 0 Å². The second-order valence-corrected chi connectivity index (χ2v) is 6.09. The molecule has 0 aliphatic heterocycles. The van der Waals surface area contributed by atoms with Crippen LogP contribution >= 0.6 is 23.7 Å². The van der Waals surface area contributed by atoms with Gasteiger partial charge in [0.25, 0.3) is 11.8 Å². The van der Waals surface area contributed by atoms with Gasteiger partial charge in [-0.05, 0) is 37.0 Å². The van der Waals surface area contributed by atoms with Crippen molar-refractivity contribution in [1.82, 2.24) is 10.6 Å². The first kappa shape index (κ1) is 20.2. The van der Waals surface area contributed by atoms with Crippen LogP contribution in [-0.4, -0.2) is 30.9 Å². The van der Waals surface area contributed by atoms with E-state index in [1.807, 2.05) is 25.3 Å². The van der Waals surface area contributed by atoms with Crippen LogP contribution < -0.4 is 16.0 Å². The molecule has 5 nitrogen and oxygen atoms in total. The quantitative estimate of drug-likeness (QED) is 0.704. The summed E-state index contributed by atoms with van der Waals surface area (Å²) in [5.41, 5.74) is 0.973. The van der Waals surface area contributed by atoms with Crippen LogP contribution in [0.3, 0.4) is 0 Å². The molecule has 0 aliphatic carbocycles. The van der Waals surface area contributed by atoms with Crippen molar-refractivity contribution >= 4 is 41.2 Å². The van der Waals surface area contributed by atoms with Crippen molar-refractivity contribution < 1.29 is 9.59 Å². The number of carbonyl (C=O) groups is 2. The molecule has 7 heteroatoms. The third-order valence-corrected chi connectivity index (χ3v) is 4.15. The van der Waals surface area contributed by atoms with Crippen molar-refractivity contribution in [3.8, 4) is 0 Å². The van der Waals surface area contributed by atoms with E-state index >= 15 is 0 Å². The van der Waals surface area contributed by atoms with Gasteiger partial charge < -0.3 is 16.0 Å². The predicted molar refractivity (Wildman–Crippen MR) is 101 cm³/mol. The van der Waals surface area contributed by atoms with Gasteiger partial charge in [0.2, 0.25) is 0 Å². The summed E-state index contributed by atoms with van der Waals surface area (Å²) in [5, 5.41) is 10.8. The van der Waals surface area contributed by atoms with Crippen LogP contribution in [0.5, 0.6) is 0 Å². The summed E-state index contributed by atoms with van der Waals surface area (Å²) in [6.07, 6.45) is 0. The van der Waals surface area contributed by atoms with E-state index in [2.05, 4.69) is 16.0 Å². The largest absolute Gasteiger partial charge is 0.350 e. The Balaban J connectivity index is 0.00000288. The molecule has 0 radical (unpaired) electrons. The molecule has 0 fully saturated rings. The highest BCUT2D eigenvalue weighted by Crippen LogP contribution is 2.17. The smallest absolute Gasteiger partial charge is 0.265 e. The summed E-state index contributed by atoms with van der Waals surface area (Å²) < 4.78 is 0. The first-order chi connectivity index (χ1) is 11.1. The number of halogens is 1. The van der Waals surface area contributed by atoms with Crippen molar-refractivity contribution in [2.75, 3.05) is 18.4 Å². The van der Waals surface area contributed by atoms with E-state index < -0.39 is 0 Å². The van der Waals surface area contributed by atoms with Gasteiger partial charge in [0.05, 0.1) is 16.1 Å². The zero-order chi connectivity index (χ0) is 16.7. The lowest BCUT2D eigenvalue weighted by atomic mass is 10.1. The monoisotopic (exact) mass is 367 g/mol. The Morgan fingerprint density at radius 3 is 2.54 bits per heavy atom. The molecule has 3 N–H and O–H groups in total. The van der Waals surface area contributed by atoms with Gasteiger partial charge in [0.15, 0.2) is 0 Å². The van der Waals surface area contributed by atoms with Crippen molar-refractivity contribution in [2.45, 2.75) is 19.9 Å². The zero-order valence-corrected chi connectivity index (χ0v) is 15.3. The van der Waals surface area contributed by atoms with Crippen LogP contribution in [0.1, 0.15) is 33.9 Å². The molecule has 0 saturated carbocycles. The molecule has 0 unspecified atom stereocenters. The number of para-hydroxylation sites is 1. The van der Waals surface area contributed by atoms with E-state index in [-0.39, 0.29) is 30.3 Å². The van der Waals surface area contributed by atoms with E-state index in [0.29, 0.717) is 22.7 Å². The highest BCUT2D eigenvalue weighted by molar-refractivity contribution is 7.12. The highest BCUT2D eigenvalue weighted by Gasteiger charge is 2.14. The number of likely N-dealkylation sites (N-methyl/N-ethyl adjacent to an activating group) is 1. The summed E-state index contributed by atoms with van der Waals surface area (Å²) in [5.74, 6) is -0.405. The summed E-state index contributed by atoms with van der Waals surface area (Å²) in [4.78, 5) is 25.1. The first-order valence-corrected chi connectivity index (χ1v) is 8.45. The number of rotatable bonds is 7. The van der Waals surface area contributed by atoms with Crippen LogP contribution in [0.25, 0.3) is 0 Å². The molecule has 1 heterocycles. The summed E-state index contributed by atoms with van der Waals surface area (Å²) in [6.45, 7) is 5.41. The Morgan fingerprint density at radius 2 is 1.88 bits per heavy atom. The average molecular weight is 368 g/mol. The summed E-state index contributed by atoms with van der Waals surface area (Å²) in [7, 11) is 0. The molecule has 1 atom stereocenters. The second-order valence-electron chi connectivity index (χ2n) is 5.15. The number of anilines is 1. The van der Waals surface area contributed by atoms with E-state index in [0.717, 1.165) is 6.54 Å². The molecule has 1 aromatic carbocycles. The molecule has 0 saturated heterocycles. The number of hydrogen-bond acceptors (Lipinski definition) is 4. The first-order valence-electron chi connectivity index (χ1n) is 7.57. The fourth-order valence-corrected chi connectivity index (χ4v) is 2.76. The van der Waals surface area contributed by atoms with Crippen LogP contribution in [0.4, 0.5) is 5.69 Å². The summed E-state index contributed by atoms with van der Waals surface area (Å²) in [6, 6.07) is 10.8. The molecular weight excluding hydrogens is 346 g/mol. The number of carbonyl (C=O) groups excluding carboxylic acids is 2. The Hall–Kier alpha value is -1.89. The van der Waals surface area contributed by atoms with E-state index in [1.165, 1.54) is 11.3 Å². The number of benzene rings is 1. The van der Waals surface area contributed by atoms with Crippen LogP contribution in [0.15, 0.2) is 41.8 Å². The maximum absolute atomic E-state index is 12.4. The molecule has 2 aromatic rings. The van der Waals surface area contributed by atoms with Gasteiger partial charge in [0, 0.05) is 12.6 Å². The van der Waals surface area contributed by atoms with E-state index in [1.54, 1.807) is 30.3 Å². The fourth-order valence-electron chi connectivity index (χ4n) is 2.14. The Morgan fingerprint density at radius 1 is 1.12 bits per heavy atom. The second kappa shape index (κ2) is 10.1. The van der Waals surface area contributed by atoms with Gasteiger partial charge in [-0.15, -0.1) is 23.7 Å². The van der Waals surface area contributed by atoms with Gasteiger partial charge in [0.1, 0.15) is 0 Å². The minimum Gasteiger partial charge on any atom is -0.350 e. The third-order valence-electron chi connectivity index (χ3n) is 3.29. The topological polar surface area (TPSA) is 70.2 Å². The molecule has 130 valence electrons. The molecule has 2 amide bonds. The van der Waals surface area contributed by atoms with Crippen LogP contribution in [-0.2, 0) is 0 Å². The van der Waals surface area contributed by atoms with Crippen molar-refractivity contribution in [3.05, 3.63) is 52.2 Å². The lowest BCUT2D eigenvalue weighted by molar-refractivity contribution is 0.0951. The Kier molecular flexibility index (Phi) is 8.46. The van der Waals surface area contributed by atoms with Crippen molar-refractivity contribution in [2.24, 2.45) is 0 Å².